The molecular weight excluding hydrogens is 437 g/mol. The van der Waals surface area contributed by atoms with Gasteiger partial charge in [-0.2, -0.15) is 0 Å². The quantitative estimate of drug-likeness (QED) is 0.191. The van der Waals surface area contributed by atoms with E-state index >= 15 is 0 Å². The van der Waals surface area contributed by atoms with Crippen LogP contribution in [0.1, 0.15) is 41.5 Å². The summed E-state index contributed by atoms with van der Waals surface area (Å²) in [6.45, 7) is 6.46. The third kappa shape index (κ3) is 4.64. The molecule has 0 unspecified atom stereocenters. The predicted octanol–water partition coefficient (Wildman–Crippen LogP) is 5.72. The summed E-state index contributed by atoms with van der Waals surface area (Å²) in [6.07, 6.45) is 1.82. The van der Waals surface area contributed by atoms with Crippen molar-refractivity contribution in [2.24, 2.45) is 0 Å². The molecule has 0 aliphatic rings. The van der Waals surface area contributed by atoms with Gasteiger partial charge in [-0.3, -0.25) is 14.2 Å². The molecule has 0 amide bonds. The van der Waals surface area contributed by atoms with Crippen LogP contribution in [0.2, 0.25) is 0 Å². The Morgan fingerprint density at radius 2 is 1.82 bits per heavy atom. The van der Waals surface area contributed by atoms with Crippen LogP contribution in [0.5, 0.6) is 0 Å². The first-order valence-electron chi connectivity index (χ1n) is 11.0. The van der Waals surface area contributed by atoms with E-state index in [-0.39, 0.29) is 22.9 Å². The Labute approximate surface area is 196 Å². The Morgan fingerprint density at radius 3 is 2.55 bits per heavy atom. The number of unbranched alkanes of at least 4 members (excludes halogenated alkanes) is 1. The van der Waals surface area contributed by atoms with Crippen molar-refractivity contribution < 1.29 is 9.18 Å². The lowest BCUT2D eigenvalue weighted by Gasteiger charge is -2.13. The van der Waals surface area contributed by atoms with Crippen LogP contribution < -0.4 is 5.56 Å². The lowest BCUT2D eigenvalue weighted by molar-refractivity contribution is 0.102. The Morgan fingerprint density at radius 1 is 1.09 bits per heavy atom. The summed E-state index contributed by atoms with van der Waals surface area (Å²) in [7, 11) is 0. The molecule has 2 aromatic carbocycles. The minimum atomic E-state index is -0.300. The molecule has 2 heterocycles. The zero-order chi connectivity index (χ0) is 23.5. The number of thioether (sulfide) groups is 1. The summed E-state index contributed by atoms with van der Waals surface area (Å²) in [4.78, 5) is 30.9. The summed E-state index contributed by atoms with van der Waals surface area (Å²) >= 11 is 1.29. The van der Waals surface area contributed by atoms with E-state index in [1.54, 1.807) is 22.8 Å². The first-order valence-corrected chi connectivity index (χ1v) is 12.0. The van der Waals surface area contributed by atoms with E-state index in [0.717, 1.165) is 29.9 Å². The minimum absolute atomic E-state index is 0.0362. The Balaban J connectivity index is 1.62. The van der Waals surface area contributed by atoms with Gasteiger partial charge in [0.05, 0.1) is 16.7 Å². The molecule has 7 heteroatoms. The molecule has 0 aliphatic heterocycles. The molecule has 0 saturated heterocycles. The van der Waals surface area contributed by atoms with Crippen LogP contribution >= 0.6 is 11.8 Å². The van der Waals surface area contributed by atoms with Gasteiger partial charge in [-0.1, -0.05) is 37.2 Å². The molecule has 0 aliphatic carbocycles. The summed E-state index contributed by atoms with van der Waals surface area (Å²) in [5, 5.41) is 1.15. The predicted molar refractivity (Wildman–Crippen MR) is 131 cm³/mol. The highest BCUT2D eigenvalue weighted by atomic mass is 32.2. The molecule has 4 aromatic rings. The van der Waals surface area contributed by atoms with E-state index in [1.165, 1.54) is 23.9 Å². The average Bonchev–Trinajstić information content (AvgIpc) is 3.11. The Hall–Kier alpha value is -3.19. The number of para-hydroxylation sites is 1. The minimum Gasteiger partial charge on any atom is -0.318 e. The van der Waals surface area contributed by atoms with Crippen LogP contribution in [-0.4, -0.2) is 25.7 Å². The fourth-order valence-electron chi connectivity index (χ4n) is 4.01. The number of ketones is 1. The molecule has 0 atom stereocenters. The molecule has 170 valence electrons. The number of aromatic nitrogens is 3. The molecule has 0 spiro atoms. The number of hydrogen-bond donors (Lipinski definition) is 0. The van der Waals surface area contributed by atoms with Gasteiger partial charge in [-0.25, -0.2) is 9.37 Å². The van der Waals surface area contributed by atoms with Crippen LogP contribution in [0.25, 0.3) is 16.6 Å². The van der Waals surface area contributed by atoms with Crippen molar-refractivity contribution in [1.29, 1.82) is 0 Å². The molecule has 0 fully saturated rings. The van der Waals surface area contributed by atoms with Crippen LogP contribution in [-0.2, 0) is 6.54 Å². The number of rotatable bonds is 8. The summed E-state index contributed by atoms with van der Waals surface area (Å²) < 4.78 is 17.0. The number of nitrogens with zero attached hydrogens (tertiary/aromatic N) is 3. The van der Waals surface area contributed by atoms with Gasteiger partial charge in [0.1, 0.15) is 5.82 Å². The highest BCUT2D eigenvalue weighted by molar-refractivity contribution is 7.99. The molecule has 5 nitrogen and oxygen atoms in total. The molecular formula is C26H26FN3O2S. The van der Waals surface area contributed by atoms with E-state index in [2.05, 4.69) is 11.9 Å². The first kappa shape index (κ1) is 23.0. The molecule has 4 rings (SSSR count). The second-order valence-electron chi connectivity index (χ2n) is 8.03. The number of halogens is 1. The van der Waals surface area contributed by atoms with E-state index < -0.39 is 0 Å². The maximum Gasteiger partial charge on any atom is 0.262 e. The average molecular weight is 464 g/mol. The maximum atomic E-state index is 13.3. The molecule has 33 heavy (non-hydrogen) atoms. The topological polar surface area (TPSA) is 56.9 Å². The molecule has 0 saturated carbocycles. The third-order valence-corrected chi connectivity index (χ3v) is 6.69. The van der Waals surface area contributed by atoms with Crippen LogP contribution in [0.3, 0.4) is 0 Å². The van der Waals surface area contributed by atoms with Gasteiger partial charge in [0, 0.05) is 29.2 Å². The highest BCUT2D eigenvalue weighted by Gasteiger charge is 2.19. The van der Waals surface area contributed by atoms with Crippen molar-refractivity contribution in [1.82, 2.24) is 14.1 Å². The molecule has 0 N–H and O–H groups in total. The summed E-state index contributed by atoms with van der Waals surface area (Å²) in [5.41, 5.74) is 3.70. The van der Waals surface area contributed by atoms with Gasteiger partial charge < -0.3 is 4.57 Å². The van der Waals surface area contributed by atoms with Crippen molar-refractivity contribution in [2.75, 3.05) is 5.75 Å². The van der Waals surface area contributed by atoms with Crippen molar-refractivity contribution >= 4 is 28.4 Å². The fraction of sp³-hybridized carbons (Fsp3) is 0.269. The van der Waals surface area contributed by atoms with E-state index in [1.807, 2.05) is 42.7 Å². The number of fused-ring (bicyclic) bond motifs is 1. The van der Waals surface area contributed by atoms with Gasteiger partial charge >= 0.3 is 0 Å². The number of Topliss-reactive ketones (excluding diaryl/α,β-unsaturated/α-hetero) is 1. The summed E-state index contributed by atoms with van der Waals surface area (Å²) in [6, 6.07) is 15.4. The monoisotopic (exact) mass is 463 g/mol. The third-order valence-electron chi connectivity index (χ3n) is 5.71. The second-order valence-corrected chi connectivity index (χ2v) is 8.97. The standard InChI is InChI=1S/C26H26FN3O2S/c1-4-5-14-29-25(32)21-8-6-7-9-23(21)28-26(29)33-16-24(31)22-15-17(2)30(18(22)3)20-12-10-19(27)11-13-20/h6-13,15H,4-5,14,16H2,1-3H3. The summed E-state index contributed by atoms with van der Waals surface area (Å²) in [5.74, 6) is -0.165. The molecule has 0 bridgehead atoms. The van der Waals surface area contributed by atoms with Gasteiger partial charge in [-0.05, 0) is 62.7 Å². The number of carbonyl (C=O) groups excluding carboxylic acids is 1. The maximum absolute atomic E-state index is 13.3. The first-order chi connectivity index (χ1) is 15.9. The highest BCUT2D eigenvalue weighted by Crippen LogP contribution is 2.25. The lowest BCUT2D eigenvalue weighted by atomic mass is 10.2. The fourth-order valence-corrected chi connectivity index (χ4v) is 4.92. The van der Waals surface area contributed by atoms with Crippen LogP contribution in [0.4, 0.5) is 4.39 Å². The smallest absolute Gasteiger partial charge is 0.262 e. The van der Waals surface area contributed by atoms with E-state index in [0.29, 0.717) is 28.2 Å². The number of carbonyl (C=O) groups is 1. The van der Waals surface area contributed by atoms with Crippen molar-refractivity contribution in [2.45, 2.75) is 45.3 Å². The van der Waals surface area contributed by atoms with Gasteiger partial charge in [0.25, 0.3) is 5.56 Å². The Bertz CT molecular complexity index is 1370. The zero-order valence-corrected chi connectivity index (χ0v) is 19.8. The second kappa shape index (κ2) is 9.75. The van der Waals surface area contributed by atoms with E-state index in [9.17, 15) is 14.0 Å². The van der Waals surface area contributed by atoms with Gasteiger partial charge in [0.2, 0.25) is 0 Å². The SMILES string of the molecule is CCCCn1c(SCC(=O)c2cc(C)n(-c3ccc(F)cc3)c2C)nc2ccccc2c1=O. The molecule has 0 radical (unpaired) electrons. The van der Waals surface area contributed by atoms with Crippen LogP contribution in [0.15, 0.2) is 64.5 Å². The van der Waals surface area contributed by atoms with Crippen LogP contribution in [0, 0.1) is 19.7 Å². The zero-order valence-electron chi connectivity index (χ0n) is 19.0. The van der Waals surface area contributed by atoms with E-state index in [4.69, 9.17) is 0 Å². The largest absolute Gasteiger partial charge is 0.318 e. The lowest BCUT2D eigenvalue weighted by Crippen LogP contribution is -2.24. The van der Waals surface area contributed by atoms with Crippen molar-refractivity contribution in [3.05, 3.63) is 87.7 Å². The van der Waals surface area contributed by atoms with Gasteiger partial charge in [-0.15, -0.1) is 0 Å². The number of aryl methyl sites for hydroxylation is 1. The normalized spacial score (nSPS) is 11.3. The number of hydrogen-bond acceptors (Lipinski definition) is 4. The van der Waals surface area contributed by atoms with Crippen molar-refractivity contribution in [3.63, 3.8) is 0 Å². The van der Waals surface area contributed by atoms with Crippen molar-refractivity contribution in [3.8, 4) is 5.69 Å². The molecule has 2 aromatic heterocycles. The Kier molecular flexibility index (Phi) is 6.79. The number of benzene rings is 2. The van der Waals surface area contributed by atoms with Gasteiger partial charge in [0.15, 0.2) is 10.9 Å².